The Morgan fingerprint density at radius 2 is 1.80 bits per heavy atom. The number of aliphatic carboxylic acids is 1. The van der Waals surface area contributed by atoms with Gasteiger partial charge in [0.25, 0.3) is 0 Å². The summed E-state index contributed by atoms with van der Waals surface area (Å²) in [6.07, 6.45) is 8.37. The summed E-state index contributed by atoms with van der Waals surface area (Å²) >= 11 is 0. The molecule has 5 heteroatoms. The van der Waals surface area contributed by atoms with Gasteiger partial charge in [0.05, 0.1) is 0 Å². The van der Waals surface area contributed by atoms with Crippen LogP contribution in [0, 0.1) is 11.8 Å². The molecule has 0 aromatic rings. The fraction of sp³-hybridized carbons (Fsp3) is 0.867. The highest BCUT2D eigenvalue weighted by atomic mass is 16.4. The Labute approximate surface area is 119 Å². The Morgan fingerprint density at radius 1 is 1.05 bits per heavy atom. The zero-order chi connectivity index (χ0) is 14.1. The van der Waals surface area contributed by atoms with E-state index in [0.717, 1.165) is 25.7 Å². The zero-order valence-corrected chi connectivity index (χ0v) is 11.9. The van der Waals surface area contributed by atoms with Crippen molar-refractivity contribution in [3.63, 3.8) is 0 Å². The van der Waals surface area contributed by atoms with Crippen LogP contribution in [0.25, 0.3) is 0 Å². The molecule has 3 fully saturated rings. The van der Waals surface area contributed by atoms with Gasteiger partial charge in [-0.3, -0.25) is 0 Å². The lowest BCUT2D eigenvalue weighted by atomic mass is 9.76. The Hall–Kier alpha value is -1.26. The van der Waals surface area contributed by atoms with Crippen LogP contribution in [0.2, 0.25) is 0 Å². The van der Waals surface area contributed by atoms with Crippen molar-refractivity contribution in [1.29, 1.82) is 0 Å². The van der Waals surface area contributed by atoms with Crippen LogP contribution in [0.15, 0.2) is 0 Å². The van der Waals surface area contributed by atoms with Crippen molar-refractivity contribution in [2.45, 2.75) is 63.5 Å². The summed E-state index contributed by atoms with van der Waals surface area (Å²) in [6, 6.07) is -0.646. The first-order chi connectivity index (χ1) is 9.66. The summed E-state index contributed by atoms with van der Waals surface area (Å²) in [5, 5.41) is 12.4. The van der Waals surface area contributed by atoms with Gasteiger partial charge in [-0.1, -0.05) is 12.8 Å². The SMILES string of the molecule is O=C(O)C1CCC2CCCCC2N1C(=O)NCC1CC1. The fourth-order valence-electron chi connectivity index (χ4n) is 3.81. The number of nitrogens with one attached hydrogen (secondary N) is 1. The number of amides is 2. The van der Waals surface area contributed by atoms with Gasteiger partial charge in [-0.05, 0) is 50.4 Å². The summed E-state index contributed by atoms with van der Waals surface area (Å²) < 4.78 is 0. The van der Waals surface area contributed by atoms with Gasteiger partial charge >= 0.3 is 12.0 Å². The number of hydrogen-bond donors (Lipinski definition) is 2. The molecule has 0 spiro atoms. The minimum absolute atomic E-state index is 0.137. The summed E-state index contributed by atoms with van der Waals surface area (Å²) in [5.41, 5.74) is 0. The lowest BCUT2D eigenvalue weighted by Crippen LogP contribution is -2.60. The molecule has 3 rings (SSSR count). The third-order valence-corrected chi connectivity index (χ3v) is 5.13. The number of likely N-dealkylation sites (tertiary alicyclic amines) is 1. The van der Waals surface area contributed by atoms with E-state index in [2.05, 4.69) is 5.32 Å². The van der Waals surface area contributed by atoms with Crippen LogP contribution in [-0.2, 0) is 4.79 Å². The molecule has 1 aliphatic heterocycles. The van der Waals surface area contributed by atoms with E-state index < -0.39 is 12.0 Å². The molecule has 3 aliphatic rings. The van der Waals surface area contributed by atoms with Crippen molar-refractivity contribution in [2.24, 2.45) is 11.8 Å². The van der Waals surface area contributed by atoms with Crippen molar-refractivity contribution in [3.8, 4) is 0 Å². The van der Waals surface area contributed by atoms with Crippen LogP contribution < -0.4 is 5.32 Å². The lowest BCUT2D eigenvalue weighted by molar-refractivity contribution is -0.145. The number of carboxylic acid groups (broad SMARTS) is 1. The molecule has 2 amide bonds. The molecule has 0 aromatic carbocycles. The number of hydrogen-bond acceptors (Lipinski definition) is 2. The molecule has 1 saturated heterocycles. The fourth-order valence-corrected chi connectivity index (χ4v) is 3.81. The second-order valence-corrected chi connectivity index (χ2v) is 6.58. The molecular weight excluding hydrogens is 256 g/mol. The Morgan fingerprint density at radius 3 is 2.50 bits per heavy atom. The second kappa shape index (κ2) is 5.62. The van der Waals surface area contributed by atoms with Gasteiger partial charge in [0.2, 0.25) is 0 Å². The first-order valence-corrected chi connectivity index (χ1v) is 7.96. The predicted molar refractivity (Wildman–Crippen MR) is 74.4 cm³/mol. The minimum atomic E-state index is -0.851. The Kier molecular flexibility index (Phi) is 3.85. The third kappa shape index (κ3) is 2.76. The molecule has 5 nitrogen and oxygen atoms in total. The monoisotopic (exact) mass is 280 g/mol. The van der Waals surface area contributed by atoms with Gasteiger partial charge in [-0.15, -0.1) is 0 Å². The number of urea groups is 1. The molecule has 0 bridgehead atoms. The number of rotatable bonds is 3. The molecule has 20 heavy (non-hydrogen) atoms. The van der Waals surface area contributed by atoms with E-state index >= 15 is 0 Å². The molecular formula is C15H24N2O3. The van der Waals surface area contributed by atoms with Crippen molar-refractivity contribution in [3.05, 3.63) is 0 Å². The standard InChI is InChI=1S/C15H24N2O3/c18-14(19)13-8-7-11-3-1-2-4-12(11)17(13)15(20)16-9-10-5-6-10/h10-13H,1-9H2,(H,16,20)(H,18,19). The highest BCUT2D eigenvalue weighted by molar-refractivity contribution is 5.83. The van der Waals surface area contributed by atoms with Crippen molar-refractivity contribution in [2.75, 3.05) is 6.54 Å². The van der Waals surface area contributed by atoms with Gasteiger partial charge in [0.15, 0.2) is 0 Å². The van der Waals surface area contributed by atoms with Crippen LogP contribution in [0.5, 0.6) is 0 Å². The Balaban J connectivity index is 1.71. The average Bonchev–Trinajstić information content (AvgIpc) is 3.27. The molecule has 0 aromatic heterocycles. The maximum absolute atomic E-state index is 12.5. The molecule has 112 valence electrons. The quantitative estimate of drug-likeness (QED) is 0.832. The maximum Gasteiger partial charge on any atom is 0.326 e. The zero-order valence-electron chi connectivity index (χ0n) is 11.9. The van der Waals surface area contributed by atoms with Gasteiger partial charge in [-0.2, -0.15) is 0 Å². The largest absolute Gasteiger partial charge is 0.480 e. The third-order valence-electron chi connectivity index (χ3n) is 5.13. The van der Waals surface area contributed by atoms with Crippen LogP contribution in [0.1, 0.15) is 51.4 Å². The molecule has 2 aliphatic carbocycles. The highest BCUT2D eigenvalue weighted by Gasteiger charge is 2.43. The first-order valence-electron chi connectivity index (χ1n) is 7.96. The van der Waals surface area contributed by atoms with Gasteiger partial charge in [0.1, 0.15) is 6.04 Å². The summed E-state index contributed by atoms with van der Waals surface area (Å²) in [6.45, 7) is 0.707. The van der Waals surface area contributed by atoms with Gasteiger partial charge < -0.3 is 15.3 Å². The maximum atomic E-state index is 12.5. The van der Waals surface area contributed by atoms with Crippen LogP contribution in [-0.4, -0.2) is 40.6 Å². The van der Waals surface area contributed by atoms with Gasteiger partial charge in [0, 0.05) is 12.6 Å². The average molecular weight is 280 g/mol. The molecule has 2 N–H and O–H groups in total. The first kappa shape index (κ1) is 13.7. The lowest BCUT2D eigenvalue weighted by Gasteiger charge is -2.47. The van der Waals surface area contributed by atoms with Gasteiger partial charge in [-0.25, -0.2) is 9.59 Å². The van der Waals surface area contributed by atoms with E-state index in [4.69, 9.17) is 0 Å². The normalized spacial score (nSPS) is 33.4. The predicted octanol–water partition coefficient (Wildman–Crippen LogP) is 2.21. The topological polar surface area (TPSA) is 69.6 Å². The molecule has 2 saturated carbocycles. The summed E-state index contributed by atoms with van der Waals surface area (Å²) in [7, 11) is 0. The van der Waals surface area contributed by atoms with E-state index in [9.17, 15) is 14.7 Å². The second-order valence-electron chi connectivity index (χ2n) is 6.58. The highest BCUT2D eigenvalue weighted by Crippen LogP contribution is 2.38. The van der Waals surface area contributed by atoms with E-state index in [0.29, 0.717) is 24.8 Å². The number of piperidine rings is 1. The van der Waals surface area contributed by atoms with E-state index in [1.54, 1.807) is 4.90 Å². The summed E-state index contributed by atoms with van der Waals surface area (Å²) in [4.78, 5) is 25.6. The number of fused-ring (bicyclic) bond motifs is 1. The number of carboxylic acids is 1. The minimum Gasteiger partial charge on any atom is -0.480 e. The smallest absolute Gasteiger partial charge is 0.326 e. The number of carbonyl (C=O) groups excluding carboxylic acids is 1. The van der Waals surface area contributed by atoms with E-state index in [1.807, 2.05) is 0 Å². The van der Waals surface area contributed by atoms with Crippen LogP contribution >= 0.6 is 0 Å². The number of nitrogens with zero attached hydrogens (tertiary/aromatic N) is 1. The molecule has 3 unspecified atom stereocenters. The van der Waals surface area contributed by atoms with Crippen molar-refractivity contribution >= 4 is 12.0 Å². The molecule has 1 heterocycles. The van der Waals surface area contributed by atoms with Crippen molar-refractivity contribution in [1.82, 2.24) is 10.2 Å². The summed E-state index contributed by atoms with van der Waals surface area (Å²) in [5.74, 6) is 0.274. The van der Waals surface area contributed by atoms with Crippen molar-refractivity contribution < 1.29 is 14.7 Å². The number of carbonyl (C=O) groups is 2. The van der Waals surface area contributed by atoms with Crippen LogP contribution in [0.4, 0.5) is 4.79 Å². The molecule has 0 radical (unpaired) electrons. The molecule has 3 atom stereocenters. The van der Waals surface area contributed by atoms with E-state index in [-0.39, 0.29) is 12.1 Å². The Bertz CT molecular complexity index is 395. The van der Waals surface area contributed by atoms with Crippen LogP contribution in [0.3, 0.4) is 0 Å². The van der Waals surface area contributed by atoms with E-state index in [1.165, 1.54) is 19.3 Å².